The number of nitrogens with zero attached hydrogens (tertiary/aromatic N) is 2. The third-order valence-electron chi connectivity index (χ3n) is 3.76. The van der Waals surface area contributed by atoms with Crippen LogP contribution in [0.1, 0.15) is 29.9 Å². The van der Waals surface area contributed by atoms with E-state index < -0.39 is 0 Å². The van der Waals surface area contributed by atoms with E-state index in [1.807, 2.05) is 31.2 Å². The molecule has 3 atom stereocenters. The van der Waals surface area contributed by atoms with E-state index in [-0.39, 0.29) is 23.7 Å². The molecule has 1 aliphatic rings. The van der Waals surface area contributed by atoms with E-state index in [0.717, 1.165) is 5.56 Å². The van der Waals surface area contributed by atoms with E-state index in [0.29, 0.717) is 6.61 Å². The molecule has 0 bridgehead atoms. The fourth-order valence-electron chi connectivity index (χ4n) is 2.85. The molecular weight excluding hydrogens is 252 g/mol. The van der Waals surface area contributed by atoms with E-state index in [2.05, 4.69) is 22.3 Å². The monoisotopic (exact) mass is 268 g/mol. The highest BCUT2D eigenvalue weighted by molar-refractivity contribution is 5.80. The average Bonchev–Trinajstić information content (AvgIpc) is 3.25. The largest absolute Gasteiger partial charge is 0.466 e. The number of ether oxygens (including phenoxy) is 1. The summed E-state index contributed by atoms with van der Waals surface area (Å²) in [5.74, 6) is 0.0936. The van der Waals surface area contributed by atoms with E-state index in [9.17, 15) is 4.79 Å². The molecule has 0 saturated heterocycles. The molecule has 0 radical (unpaired) electrons. The Kier molecular flexibility index (Phi) is 3.46. The molecule has 0 amide bonds. The minimum atomic E-state index is -0.122. The Labute approximate surface area is 117 Å². The zero-order valence-corrected chi connectivity index (χ0v) is 11.3. The van der Waals surface area contributed by atoms with Gasteiger partial charge in [0.25, 0.3) is 0 Å². The summed E-state index contributed by atoms with van der Waals surface area (Å²) in [6.07, 6.45) is 3.40. The highest BCUT2D eigenvalue weighted by Gasteiger charge is 2.57. The lowest BCUT2D eigenvalue weighted by molar-refractivity contribution is -0.144. The Morgan fingerprint density at radius 1 is 1.10 bits per heavy atom. The summed E-state index contributed by atoms with van der Waals surface area (Å²) in [7, 11) is 0. The Bertz CT molecular complexity index is 540. The first-order valence-corrected chi connectivity index (χ1v) is 6.81. The molecule has 1 aromatic carbocycles. The predicted octanol–water partition coefficient (Wildman–Crippen LogP) is 2.54. The van der Waals surface area contributed by atoms with Gasteiger partial charge in [0.2, 0.25) is 0 Å². The number of aromatic nitrogens is 2. The van der Waals surface area contributed by atoms with Crippen molar-refractivity contribution in [1.82, 2.24) is 10.2 Å². The molecule has 3 unspecified atom stereocenters. The van der Waals surface area contributed by atoms with E-state index in [1.165, 1.54) is 5.56 Å². The maximum Gasteiger partial charge on any atom is 0.310 e. The minimum Gasteiger partial charge on any atom is -0.466 e. The van der Waals surface area contributed by atoms with Crippen molar-refractivity contribution in [3.8, 4) is 0 Å². The Morgan fingerprint density at radius 3 is 2.50 bits per heavy atom. The summed E-state index contributed by atoms with van der Waals surface area (Å²) in [4.78, 5) is 12.1. The van der Waals surface area contributed by atoms with Gasteiger partial charge in [-0.05, 0) is 24.1 Å². The van der Waals surface area contributed by atoms with Gasteiger partial charge in [0.15, 0.2) is 0 Å². The van der Waals surface area contributed by atoms with Crippen molar-refractivity contribution in [3.05, 3.63) is 59.9 Å². The quantitative estimate of drug-likeness (QED) is 0.800. The summed E-state index contributed by atoms with van der Waals surface area (Å²) < 4.78 is 5.19. The van der Waals surface area contributed by atoms with Gasteiger partial charge in [-0.2, -0.15) is 10.2 Å². The summed E-state index contributed by atoms with van der Waals surface area (Å²) >= 11 is 0. The van der Waals surface area contributed by atoms with Gasteiger partial charge in [-0.15, -0.1) is 0 Å². The molecule has 20 heavy (non-hydrogen) atoms. The summed E-state index contributed by atoms with van der Waals surface area (Å²) in [5, 5.41) is 7.71. The molecule has 2 aromatic rings. The molecule has 4 heteroatoms. The van der Waals surface area contributed by atoms with Crippen LogP contribution in [0.4, 0.5) is 0 Å². The van der Waals surface area contributed by atoms with Crippen molar-refractivity contribution < 1.29 is 9.53 Å². The Hall–Kier alpha value is -2.23. The second-order valence-electron chi connectivity index (χ2n) is 4.92. The maximum absolute atomic E-state index is 12.1. The van der Waals surface area contributed by atoms with Crippen LogP contribution in [0.25, 0.3) is 0 Å². The molecule has 3 rings (SSSR count). The highest BCUT2D eigenvalue weighted by Crippen LogP contribution is 2.60. The molecule has 1 aromatic heterocycles. The lowest BCUT2D eigenvalue weighted by Gasteiger charge is -2.00. The number of hydrogen-bond donors (Lipinski definition) is 0. The van der Waals surface area contributed by atoms with Gasteiger partial charge in [0.05, 0.1) is 18.7 Å². The molecule has 0 spiro atoms. The smallest absolute Gasteiger partial charge is 0.310 e. The molecular formula is C16H16N2O2. The molecule has 1 saturated carbocycles. The van der Waals surface area contributed by atoms with Crippen molar-refractivity contribution in [3.63, 3.8) is 0 Å². The number of carbonyl (C=O) groups is 1. The first-order valence-electron chi connectivity index (χ1n) is 6.81. The summed E-state index contributed by atoms with van der Waals surface area (Å²) in [6.45, 7) is 2.25. The third kappa shape index (κ3) is 2.29. The van der Waals surface area contributed by atoms with Crippen molar-refractivity contribution in [1.29, 1.82) is 0 Å². The van der Waals surface area contributed by atoms with Gasteiger partial charge in [-0.1, -0.05) is 30.3 Å². The van der Waals surface area contributed by atoms with E-state index in [1.54, 1.807) is 12.4 Å². The lowest BCUT2D eigenvalue weighted by atomic mass is 10.1. The Morgan fingerprint density at radius 2 is 1.85 bits per heavy atom. The number of esters is 1. The molecule has 4 nitrogen and oxygen atoms in total. The number of carbonyl (C=O) groups excluding carboxylic acids is 1. The van der Waals surface area contributed by atoms with Gasteiger partial charge in [-0.25, -0.2) is 0 Å². The van der Waals surface area contributed by atoms with Crippen LogP contribution in [0.3, 0.4) is 0 Å². The molecule has 1 aliphatic carbocycles. The average molecular weight is 268 g/mol. The van der Waals surface area contributed by atoms with Crippen LogP contribution in [0, 0.1) is 5.92 Å². The molecule has 0 aliphatic heterocycles. The SMILES string of the molecule is CCOC(=O)C1C(c2ccccc2)C1c1ccnnc1. The molecule has 1 heterocycles. The molecule has 0 N–H and O–H groups in total. The Balaban J connectivity index is 1.89. The van der Waals surface area contributed by atoms with Crippen LogP contribution >= 0.6 is 0 Å². The van der Waals surface area contributed by atoms with Gasteiger partial charge in [-0.3, -0.25) is 4.79 Å². The highest BCUT2D eigenvalue weighted by atomic mass is 16.5. The molecule has 1 fully saturated rings. The zero-order chi connectivity index (χ0) is 13.9. The molecule has 102 valence electrons. The van der Waals surface area contributed by atoms with Crippen molar-refractivity contribution in [2.75, 3.05) is 6.61 Å². The van der Waals surface area contributed by atoms with Crippen molar-refractivity contribution in [2.45, 2.75) is 18.8 Å². The second kappa shape index (κ2) is 5.41. The van der Waals surface area contributed by atoms with Crippen LogP contribution < -0.4 is 0 Å². The number of hydrogen-bond acceptors (Lipinski definition) is 4. The van der Waals surface area contributed by atoms with Gasteiger partial charge >= 0.3 is 5.97 Å². The topological polar surface area (TPSA) is 52.1 Å². The number of rotatable bonds is 4. The van der Waals surface area contributed by atoms with Crippen LogP contribution in [0.2, 0.25) is 0 Å². The fraction of sp³-hybridized carbons (Fsp3) is 0.312. The minimum absolute atomic E-state index is 0.110. The van der Waals surface area contributed by atoms with Crippen LogP contribution in [-0.2, 0) is 9.53 Å². The maximum atomic E-state index is 12.1. The third-order valence-corrected chi connectivity index (χ3v) is 3.76. The fourth-order valence-corrected chi connectivity index (χ4v) is 2.85. The van der Waals surface area contributed by atoms with Gasteiger partial charge in [0.1, 0.15) is 0 Å². The summed E-state index contributed by atoms with van der Waals surface area (Å²) in [5.41, 5.74) is 2.22. The van der Waals surface area contributed by atoms with E-state index in [4.69, 9.17) is 4.74 Å². The first kappa shape index (κ1) is 12.8. The zero-order valence-electron chi connectivity index (χ0n) is 11.3. The summed E-state index contributed by atoms with van der Waals surface area (Å²) in [6, 6.07) is 12.0. The normalized spacial score (nSPS) is 24.1. The van der Waals surface area contributed by atoms with Crippen molar-refractivity contribution >= 4 is 5.97 Å². The standard InChI is InChI=1S/C16H16N2O2/c1-2-20-16(19)15-13(11-6-4-3-5-7-11)14(15)12-8-9-17-18-10-12/h3-10,13-15H,2H2,1H3. The van der Waals surface area contributed by atoms with E-state index >= 15 is 0 Å². The first-order chi connectivity index (χ1) is 9.83. The van der Waals surface area contributed by atoms with Crippen molar-refractivity contribution in [2.24, 2.45) is 5.92 Å². The number of benzene rings is 1. The van der Waals surface area contributed by atoms with Crippen LogP contribution in [0.15, 0.2) is 48.8 Å². The lowest BCUT2D eigenvalue weighted by Crippen LogP contribution is -2.08. The van der Waals surface area contributed by atoms with Crippen LogP contribution in [0.5, 0.6) is 0 Å². The van der Waals surface area contributed by atoms with Gasteiger partial charge < -0.3 is 4.74 Å². The van der Waals surface area contributed by atoms with Crippen LogP contribution in [-0.4, -0.2) is 22.8 Å². The second-order valence-corrected chi connectivity index (χ2v) is 4.92. The van der Waals surface area contributed by atoms with Gasteiger partial charge in [0, 0.05) is 18.0 Å². The predicted molar refractivity (Wildman–Crippen MR) is 74.1 cm³/mol.